The molecule has 1 aromatic carbocycles. The van der Waals surface area contributed by atoms with Gasteiger partial charge in [0.25, 0.3) is 5.91 Å². The standard InChI is InChI=1S/C15H18N2O2/c1-17(15(11-16)8-3-4-9-15)14(18)12-6-5-7-13(10-12)19-2/h5-7,10H,3-4,8-9H2,1-2H3. The maximum Gasteiger partial charge on any atom is 0.255 e. The van der Waals surface area contributed by atoms with E-state index in [2.05, 4.69) is 6.07 Å². The molecule has 0 atom stereocenters. The van der Waals surface area contributed by atoms with E-state index in [9.17, 15) is 10.1 Å². The molecule has 4 nitrogen and oxygen atoms in total. The average molecular weight is 258 g/mol. The second-order valence-electron chi connectivity index (χ2n) is 4.95. The molecule has 0 unspecified atom stereocenters. The molecular weight excluding hydrogens is 240 g/mol. The Balaban J connectivity index is 2.25. The van der Waals surface area contributed by atoms with Crippen molar-refractivity contribution in [2.24, 2.45) is 0 Å². The molecule has 1 saturated carbocycles. The molecule has 0 N–H and O–H groups in total. The normalized spacial score (nSPS) is 16.7. The minimum Gasteiger partial charge on any atom is -0.497 e. The summed E-state index contributed by atoms with van der Waals surface area (Å²) in [6.07, 6.45) is 3.53. The van der Waals surface area contributed by atoms with E-state index in [4.69, 9.17) is 4.74 Å². The molecule has 0 aromatic heterocycles. The van der Waals surface area contributed by atoms with Crippen LogP contribution in [0.25, 0.3) is 0 Å². The summed E-state index contributed by atoms with van der Waals surface area (Å²) in [6, 6.07) is 9.37. The number of nitrogens with zero attached hydrogens (tertiary/aromatic N) is 2. The van der Waals surface area contributed by atoms with Gasteiger partial charge in [0.05, 0.1) is 13.2 Å². The molecule has 1 fully saturated rings. The van der Waals surface area contributed by atoms with Crippen LogP contribution in [0.2, 0.25) is 0 Å². The number of carbonyl (C=O) groups excluding carboxylic acids is 1. The Kier molecular flexibility index (Phi) is 3.75. The highest BCUT2D eigenvalue weighted by molar-refractivity contribution is 5.95. The van der Waals surface area contributed by atoms with Gasteiger partial charge in [0.2, 0.25) is 0 Å². The van der Waals surface area contributed by atoms with Crippen molar-refractivity contribution >= 4 is 5.91 Å². The first-order valence-corrected chi connectivity index (χ1v) is 6.46. The van der Waals surface area contributed by atoms with Gasteiger partial charge in [-0.05, 0) is 43.9 Å². The third-order valence-electron chi connectivity index (χ3n) is 3.90. The molecule has 0 spiro atoms. The fourth-order valence-electron chi connectivity index (χ4n) is 2.63. The first-order valence-electron chi connectivity index (χ1n) is 6.46. The zero-order valence-corrected chi connectivity index (χ0v) is 11.3. The molecule has 4 heteroatoms. The number of hydrogen-bond acceptors (Lipinski definition) is 3. The van der Waals surface area contributed by atoms with E-state index in [0.717, 1.165) is 25.7 Å². The highest BCUT2D eigenvalue weighted by atomic mass is 16.5. The summed E-state index contributed by atoms with van der Waals surface area (Å²) in [4.78, 5) is 14.1. The van der Waals surface area contributed by atoms with E-state index in [1.165, 1.54) is 0 Å². The zero-order valence-electron chi connectivity index (χ0n) is 11.3. The van der Waals surface area contributed by atoms with Crippen LogP contribution in [0.1, 0.15) is 36.0 Å². The van der Waals surface area contributed by atoms with Crippen LogP contribution in [0.5, 0.6) is 5.75 Å². The van der Waals surface area contributed by atoms with Crippen molar-refractivity contribution in [3.8, 4) is 11.8 Å². The van der Waals surface area contributed by atoms with Crippen LogP contribution in [-0.2, 0) is 0 Å². The molecular formula is C15H18N2O2. The van der Waals surface area contributed by atoms with E-state index in [1.807, 2.05) is 0 Å². The number of amides is 1. The fourth-order valence-corrected chi connectivity index (χ4v) is 2.63. The summed E-state index contributed by atoms with van der Waals surface area (Å²) in [7, 11) is 3.29. The summed E-state index contributed by atoms with van der Waals surface area (Å²) in [5.74, 6) is 0.527. The van der Waals surface area contributed by atoms with Crippen LogP contribution in [0.3, 0.4) is 0 Å². The number of hydrogen-bond donors (Lipinski definition) is 0. The van der Waals surface area contributed by atoms with Gasteiger partial charge in [0.15, 0.2) is 0 Å². The Labute approximate surface area is 113 Å². The molecule has 1 aromatic rings. The van der Waals surface area contributed by atoms with Crippen molar-refractivity contribution in [3.05, 3.63) is 29.8 Å². The average Bonchev–Trinajstić information content (AvgIpc) is 2.96. The molecule has 0 bridgehead atoms. The lowest BCUT2D eigenvalue weighted by atomic mass is 9.96. The zero-order chi connectivity index (χ0) is 13.9. The lowest BCUT2D eigenvalue weighted by Crippen LogP contribution is -2.46. The minimum atomic E-state index is -0.639. The number of rotatable bonds is 3. The van der Waals surface area contributed by atoms with Crippen molar-refractivity contribution in [1.82, 2.24) is 4.90 Å². The Hall–Kier alpha value is -2.02. The van der Waals surface area contributed by atoms with Crippen LogP contribution < -0.4 is 4.74 Å². The summed E-state index contributed by atoms with van der Waals surface area (Å²) in [5, 5.41) is 9.41. The van der Waals surface area contributed by atoms with Gasteiger partial charge in [0.1, 0.15) is 11.3 Å². The topological polar surface area (TPSA) is 53.3 Å². The van der Waals surface area contributed by atoms with Gasteiger partial charge in [-0.3, -0.25) is 4.79 Å². The van der Waals surface area contributed by atoms with Crippen molar-refractivity contribution in [2.45, 2.75) is 31.2 Å². The van der Waals surface area contributed by atoms with Gasteiger partial charge in [-0.25, -0.2) is 0 Å². The largest absolute Gasteiger partial charge is 0.497 e. The molecule has 0 radical (unpaired) electrons. The lowest BCUT2D eigenvalue weighted by Gasteiger charge is -2.32. The van der Waals surface area contributed by atoms with Crippen LogP contribution in [0.15, 0.2) is 24.3 Å². The molecule has 1 aliphatic carbocycles. The third kappa shape index (κ3) is 2.41. The molecule has 0 aliphatic heterocycles. The first-order chi connectivity index (χ1) is 9.13. The Morgan fingerprint density at radius 3 is 2.68 bits per heavy atom. The smallest absolute Gasteiger partial charge is 0.255 e. The van der Waals surface area contributed by atoms with Crippen LogP contribution in [-0.4, -0.2) is 30.5 Å². The second kappa shape index (κ2) is 5.31. The number of methoxy groups -OCH3 is 1. The van der Waals surface area contributed by atoms with Crippen molar-refractivity contribution < 1.29 is 9.53 Å². The molecule has 0 saturated heterocycles. The summed E-state index contributed by atoms with van der Waals surface area (Å²) in [5.41, 5.74) is -0.0800. The summed E-state index contributed by atoms with van der Waals surface area (Å²) < 4.78 is 5.13. The Morgan fingerprint density at radius 1 is 1.42 bits per heavy atom. The maximum absolute atomic E-state index is 12.5. The molecule has 0 heterocycles. The number of nitriles is 1. The fraction of sp³-hybridized carbons (Fsp3) is 0.467. The van der Waals surface area contributed by atoms with Crippen molar-refractivity contribution in [1.29, 1.82) is 5.26 Å². The summed E-state index contributed by atoms with van der Waals surface area (Å²) in [6.45, 7) is 0. The first kappa shape index (κ1) is 13.4. The van der Waals surface area contributed by atoms with Gasteiger partial charge in [-0.2, -0.15) is 5.26 Å². The second-order valence-corrected chi connectivity index (χ2v) is 4.95. The van der Waals surface area contributed by atoms with Gasteiger partial charge < -0.3 is 9.64 Å². The van der Waals surface area contributed by atoms with Gasteiger partial charge in [0, 0.05) is 12.6 Å². The highest BCUT2D eigenvalue weighted by Gasteiger charge is 2.40. The van der Waals surface area contributed by atoms with E-state index >= 15 is 0 Å². The quantitative estimate of drug-likeness (QED) is 0.837. The van der Waals surface area contributed by atoms with Crippen molar-refractivity contribution in [3.63, 3.8) is 0 Å². The molecule has 2 rings (SSSR count). The van der Waals surface area contributed by atoms with E-state index in [0.29, 0.717) is 11.3 Å². The van der Waals surface area contributed by atoms with Crippen LogP contribution in [0.4, 0.5) is 0 Å². The van der Waals surface area contributed by atoms with Crippen LogP contribution >= 0.6 is 0 Å². The Bertz CT molecular complexity index is 513. The monoisotopic (exact) mass is 258 g/mol. The van der Waals surface area contributed by atoms with Gasteiger partial charge >= 0.3 is 0 Å². The summed E-state index contributed by atoms with van der Waals surface area (Å²) >= 11 is 0. The SMILES string of the molecule is COc1cccc(C(=O)N(C)C2(C#N)CCCC2)c1. The van der Waals surface area contributed by atoms with E-state index in [1.54, 1.807) is 43.3 Å². The van der Waals surface area contributed by atoms with E-state index < -0.39 is 5.54 Å². The van der Waals surface area contributed by atoms with Gasteiger partial charge in [-0.1, -0.05) is 6.07 Å². The van der Waals surface area contributed by atoms with Crippen molar-refractivity contribution in [2.75, 3.05) is 14.2 Å². The van der Waals surface area contributed by atoms with E-state index in [-0.39, 0.29) is 5.91 Å². The number of ether oxygens (including phenoxy) is 1. The number of benzene rings is 1. The van der Waals surface area contributed by atoms with Gasteiger partial charge in [-0.15, -0.1) is 0 Å². The molecule has 1 aliphatic rings. The third-order valence-corrected chi connectivity index (χ3v) is 3.90. The van der Waals surface area contributed by atoms with Crippen LogP contribution in [0, 0.1) is 11.3 Å². The molecule has 1 amide bonds. The predicted molar refractivity (Wildman–Crippen MR) is 71.9 cm³/mol. The predicted octanol–water partition coefficient (Wildman–Crippen LogP) is 2.60. The number of carbonyl (C=O) groups is 1. The molecule has 100 valence electrons. The highest BCUT2D eigenvalue weighted by Crippen LogP contribution is 2.34. The lowest BCUT2D eigenvalue weighted by molar-refractivity contribution is 0.0662. The molecule has 19 heavy (non-hydrogen) atoms. The minimum absolute atomic E-state index is 0.123. The Morgan fingerprint density at radius 2 is 2.11 bits per heavy atom. The maximum atomic E-state index is 12.5.